The lowest BCUT2D eigenvalue weighted by molar-refractivity contribution is -0.144. The summed E-state index contributed by atoms with van der Waals surface area (Å²) < 4.78 is 5.90. The summed E-state index contributed by atoms with van der Waals surface area (Å²) in [5, 5.41) is 20.6. The van der Waals surface area contributed by atoms with Crippen LogP contribution in [0.2, 0.25) is 0 Å². The van der Waals surface area contributed by atoms with Gasteiger partial charge in [-0.1, -0.05) is 59.6 Å². The number of carbonyl (C=O) groups excluding carboxylic acids is 4. The molecule has 1 aromatic heterocycles. The molecule has 1 saturated carbocycles. The normalized spacial score (nSPS) is 19.2. The standard InChI is InChI=1S/C41H63N7O7S/c1-8-19-48(38(51)34(26(5)9-2)46-36(50)31-12-10-11-20-47(31)7)32(25(3)4)22-33(55-40(54)43-6)37-45-30(24-56-37)35(49)44-29(23-41(17-18-41)39(52)53)21-27-13-15-28(42)16-14-27/h13-16,24-26,29,31-34H,8-12,17-23,42H2,1-7H3,(H,43,54)(H,44,49)(H,46,50)(H,52,53)/t26-,29-,31+,32+,33+,34-/m0/s1. The number of aromatic nitrogens is 1. The second-order valence-electron chi connectivity index (χ2n) is 16.1. The van der Waals surface area contributed by atoms with E-state index in [2.05, 4.69) is 25.8 Å². The molecule has 2 heterocycles. The number of nitrogens with zero attached hydrogens (tertiary/aromatic N) is 3. The highest BCUT2D eigenvalue weighted by atomic mass is 32.1. The number of anilines is 1. The molecule has 4 rings (SSSR count). The monoisotopic (exact) mass is 797 g/mol. The van der Waals surface area contributed by atoms with Crippen LogP contribution in [0.3, 0.4) is 0 Å². The molecule has 0 spiro atoms. The quantitative estimate of drug-likeness (QED) is 0.108. The van der Waals surface area contributed by atoms with Crippen molar-refractivity contribution in [1.82, 2.24) is 30.7 Å². The fourth-order valence-electron chi connectivity index (χ4n) is 7.60. The molecule has 2 aromatic rings. The predicted octanol–water partition coefficient (Wildman–Crippen LogP) is 5.39. The van der Waals surface area contributed by atoms with Crippen LogP contribution in [0, 0.1) is 17.3 Å². The zero-order chi connectivity index (χ0) is 41.2. The minimum absolute atomic E-state index is 0.0696. The largest absolute Gasteiger partial charge is 0.481 e. The molecule has 15 heteroatoms. The van der Waals surface area contributed by atoms with Crippen LogP contribution in [0.4, 0.5) is 10.5 Å². The van der Waals surface area contributed by atoms with E-state index in [-0.39, 0.29) is 48.2 Å². The number of carboxylic acid groups (broad SMARTS) is 1. The molecular weight excluding hydrogens is 735 g/mol. The van der Waals surface area contributed by atoms with Gasteiger partial charge in [-0.3, -0.25) is 24.1 Å². The first kappa shape index (κ1) is 44.5. The van der Waals surface area contributed by atoms with Gasteiger partial charge in [0.05, 0.1) is 11.5 Å². The Balaban J connectivity index is 1.58. The van der Waals surface area contributed by atoms with Crippen molar-refractivity contribution in [2.45, 2.75) is 129 Å². The number of carbonyl (C=O) groups is 5. The molecule has 0 radical (unpaired) electrons. The Bertz CT molecular complexity index is 1650. The minimum atomic E-state index is -0.902. The average Bonchev–Trinajstić information content (AvgIpc) is 3.79. The van der Waals surface area contributed by atoms with E-state index in [9.17, 15) is 29.1 Å². The molecule has 0 unspecified atom stereocenters. The van der Waals surface area contributed by atoms with Gasteiger partial charge in [-0.2, -0.15) is 0 Å². The Morgan fingerprint density at radius 1 is 1.09 bits per heavy atom. The van der Waals surface area contributed by atoms with Crippen molar-refractivity contribution in [2.75, 3.05) is 32.9 Å². The van der Waals surface area contributed by atoms with Crippen LogP contribution in [0.5, 0.6) is 0 Å². The summed E-state index contributed by atoms with van der Waals surface area (Å²) in [6.45, 7) is 11.3. The number of ether oxygens (including phenoxy) is 1. The van der Waals surface area contributed by atoms with Crippen molar-refractivity contribution in [3.05, 3.63) is 45.9 Å². The van der Waals surface area contributed by atoms with Crippen LogP contribution in [0.15, 0.2) is 29.6 Å². The number of aliphatic carboxylic acids is 1. The topological polar surface area (TPSA) is 196 Å². The fraction of sp³-hybridized carbons (Fsp3) is 0.659. The third kappa shape index (κ3) is 11.7. The van der Waals surface area contributed by atoms with Crippen molar-refractivity contribution < 1.29 is 33.8 Å². The molecule has 2 aliphatic rings. The number of carboxylic acids is 1. The molecule has 1 saturated heterocycles. The van der Waals surface area contributed by atoms with Crippen LogP contribution >= 0.6 is 11.3 Å². The van der Waals surface area contributed by atoms with Gasteiger partial charge in [0.1, 0.15) is 16.7 Å². The van der Waals surface area contributed by atoms with Crippen molar-refractivity contribution in [3.8, 4) is 0 Å². The van der Waals surface area contributed by atoms with Crippen molar-refractivity contribution in [1.29, 1.82) is 0 Å². The maximum absolute atomic E-state index is 14.6. The van der Waals surface area contributed by atoms with Gasteiger partial charge in [-0.15, -0.1) is 11.3 Å². The lowest BCUT2D eigenvalue weighted by Gasteiger charge is -2.40. The molecule has 2 fully saturated rings. The molecule has 4 amide bonds. The number of piperidine rings is 1. The van der Waals surface area contributed by atoms with Crippen molar-refractivity contribution >= 4 is 46.8 Å². The molecule has 0 bridgehead atoms. The van der Waals surface area contributed by atoms with E-state index in [1.807, 2.05) is 58.7 Å². The Hall–Kier alpha value is -4.24. The second kappa shape index (κ2) is 20.3. The number of nitrogens with two attached hydrogens (primary N) is 1. The summed E-state index contributed by atoms with van der Waals surface area (Å²) >= 11 is 1.18. The van der Waals surface area contributed by atoms with E-state index in [1.165, 1.54) is 18.4 Å². The smallest absolute Gasteiger partial charge is 0.407 e. The number of likely N-dealkylation sites (tertiary alicyclic amines) is 1. The summed E-state index contributed by atoms with van der Waals surface area (Å²) in [5.74, 6) is -1.84. The number of nitrogen functional groups attached to an aromatic ring is 1. The number of nitrogens with one attached hydrogen (secondary N) is 3. The van der Waals surface area contributed by atoms with Crippen molar-refractivity contribution in [3.63, 3.8) is 0 Å². The van der Waals surface area contributed by atoms with E-state index < -0.39 is 47.6 Å². The van der Waals surface area contributed by atoms with Crippen LogP contribution in [-0.2, 0) is 25.5 Å². The molecule has 1 aromatic carbocycles. The van der Waals surface area contributed by atoms with Gasteiger partial charge in [0.15, 0.2) is 6.10 Å². The van der Waals surface area contributed by atoms with Gasteiger partial charge in [0.2, 0.25) is 11.8 Å². The first-order valence-corrected chi connectivity index (χ1v) is 21.0. The SMILES string of the molecule is CCCN(C(=O)[C@@H](NC(=O)[C@H]1CCCCN1C)[C@@H](C)CC)[C@H](C[C@@H](OC(=O)NC)c1nc(C(=O)N[C@@H](Cc2ccc(N)cc2)CC2(C(=O)O)CC2)cs1)C(C)C. The van der Waals surface area contributed by atoms with E-state index in [0.717, 1.165) is 31.4 Å². The number of thiazole rings is 1. The van der Waals surface area contributed by atoms with Gasteiger partial charge in [0, 0.05) is 43.2 Å². The third-order valence-electron chi connectivity index (χ3n) is 11.4. The van der Waals surface area contributed by atoms with Crippen LogP contribution in [0.1, 0.15) is 120 Å². The zero-order valence-corrected chi connectivity index (χ0v) is 35.0. The summed E-state index contributed by atoms with van der Waals surface area (Å²) in [6, 6.07) is 5.36. The lowest BCUT2D eigenvalue weighted by Crippen LogP contribution is -2.58. The highest BCUT2D eigenvalue weighted by Gasteiger charge is 2.51. The third-order valence-corrected chi connectivity index (χ3v) is 12.4. The Labute approximate surface area is 335 Å². The highest BCUT2D eigenvalue weighted by Crippen LogP contribution is 2.50. The van der Waals surface area contributed by atoms with Gasteiger partial charge < -0.3 is 36.4 Å². The molecule has 14 nitrogen and oxygen atoms in total. The van der Waals surface area contributed by atoms with E-state index >= 15 is 0 Å². The molecular formula is C41H63N7O7S. The van der Waals surface area contributed by atoms with E-state index in [0.29, 0.717) is 49.3 Å². The molecule has 56 heavy (non-hydrogen) atoms. The van der Waals surface area contributed by atoms with Gasteiger partial charge in [0.25, 0.3) is 5.91 Å². The van der Waals surface area contributed by atoms with E-state index in [1.54, 1.807) is 17.5 Å². The summed E-state index contributed by atoms with van der Waals surface area (Å²) in [7, 11) is 3.41. The predicted molar refractivity (Wildman–Crippen MR) is 217 cm³/mol. The second-order valence-corrected chi connectivity index (χ2v) is 17.0. The number of amides is 4. The highest BCUT2D eigenvalue weighted by molar-refractivity contribution is 7.09. The summed E-state index contributed by atoms with van der Waals surface area (Å²) in [6.07, 6.45) is 4.51. The number of rotatable bonds is 20. The van der Waals surface area contributed by atoms with Crippen LogP contribution in [0.25, 0.3) is 0 Å². The number of benzene rings is 1. The first-order chi connectivity index (χ1) is 26.6. The lowest BCUT2D eigenvalue weighted by atomic mass is 9.92. The van der Waals surface area contributed by atoms with Gasteiger partial charge in [-0.25, -0.2) is 9.78 Å². The van der Waals surface area contributed by atoms with Gasteiger partial charge >= 0.3 is 12.1 Å². The van der Waals surface area contributed by atoms with Gasteiger partial charge in [-0.05, 0) is 88.1 Å². The number of hydrogen-bond acceptors (Lipinski definition) is 10. The number of likely N-dealkylation sites (N-methyl/N-ethyl adjacent to an activating group) is 1. The molecule has 1 aliphatic carbocycles. The first-order valence-electron chi connectivity index (χ1n) is 20.2. The minimum Gasteiger partial charge on any atom is -0.481 e. The summed E-state index contributed by atoms with van der Waals surface area (Å²) in [5.41, 5.74) is 6.64. The fourth-order valence-corrected chi connectivity index (χ4v) is 8.44. The molecule has 6 atom stereocenters. The number of hydrogen-bond donors (Lipinski definition) is 5. The van der Waals surface area contributed by atoms with Crippen LogP contribution < -0.4 is 21.7 Å². The average molecular weight is 798 g/mol. The molecule has 1 aliphatic heterocycles. The maximum atomic E-state index is 14.6. The molecule has 6 N–H and O–H groups in total. The van der Waals surface area contributed by atoms with Crippen molar-refractivity contribution in [2.24, 2.45) is 17.3 Å². The maximum Gasteiger partial charge on any atom is 0.407 e. The zero-order valence-electron chi connectivity index (χ0n) is 34.1. The Kier molecular flexibility index (Phi) is 16.1. The Morgan fingerprint density at radius 2 is 1.79 bits per heavy atom. The van der Waals surface area contributed by atoms with E-state index in [4.69, 9.17) is 10.5 Å². The summed E-state index contributed by atoms with van der Waals surface area (Å²) in [4.78, 5) is 75.4. The number of alkyl carbamates (subject to hydrolysis) is 1. The Morgan fingerprint density at radius 3 is 2.36 bits per heavy atom. The molecule has 310 valence electrons. The van der Waals surface area contributed by atoms with Crippen LogP contribution in [-0.4, -0.2) is 101 Å².